The van der Waals surface area contributed by atoms with Crippen LogP contribution in [0.25, 0.3) is 0 Å². The van der Waals surface area contributed by atoms with Gasteiger partial charge in [-0.3, -0.25) is 9.59 Å². The van der Waals surface area contributed by atoms with Crippen molar-refractivity contribution >= 4 is 11.8 Å². The maximum absolute atomic E-state index is 13.2. The van der Waals surface area contributed by atoms with Crippen LogP contribution in [-0.2, 0) is 9.59 Å². The van der Waals surface area contributed by atoms with E-state index >= 15 is 0 Å². The van der Waals surface area contributed by atoms with Crippen molar-refractivity contribution in [1.29, 1.82) is 0 Å². The van der Waals surface area contributed by atoms with Gasteiger partial charge in [0.1, 0.15) is 0 Å². The van der Waals surface area contributed by atoms with Gasteiger partial charge in [-0.05, 0) is 56.3 Å². The van der Waals surface area contributed by atoms with Crippen molar-refractivity contribution in [2.75, 3.05) is 26.2 Å². The molecule has 26 heavy (non-hydrogen) atoms. The SMILES string of the molecule is C=CCNC(=O)C[NH+]1CCC(NC(=O)C23CC4CC(CC(C4)C2)C3)CC1. The van der Waals surface area contributed by atoms with Crippen LogP contribution in [0.1, 0.15) is 51.4 Å². The van der Waals surface area contributed by atoms with Gasteiger partial charge in [-0.15, -0.1) is 6.58 Å². The van der Waals surface area contributed by atoms with Crippen LogP contribution in [-0.4, -0.2) is 44.0 Å². The summed E-state index contributed by atoms with van der Waals surface area (Å²) >= 11 is 0. The fourth-order valence-corrected chi connectivity index (χ4v) is 6.55. The Morgan fingerprint density at radius 1 is 1.04 bits per heavy atom. The molecule has 0 spiro atoms. The van der Waals surface area contributed by atoms with Gasteiger partial charge in [-0.25, -0.2) is 0 Å². The molecule has 5 aliphatic rings. The molecule has 5 heteroatoms. The Hall–Kier alpha value is -1.36. The molecular formula is C21H34N3O2+. The highest BCUT2D eigenvalue weighted by Crippen LogP contribution is 2.60. The number of nitrogens with one attached hydrogen (secondary N) is 3. The minimum Gasteiger partial charge on any atom is -0.352 e. The van der Waals surface area contributed by atoms with Crippen LogP contribution in [0, 0.1) is 23.2 Å². The summed E-state index contributed by atoms with van der Waals surface area (Å²) in [5.41, 5.74) is -0.0384. The van der Waals surface area contributed by atoms with E-state index in [1.165, 1.54) is 24.2 Å². The Kier molecular flexibility index (Phi) is 5.09. The lowest BCUT2D eigenvalue weighted by molar-refractivity contribution is -0.897. The monoisotopic (exact) mass is 360 g/mol. The summed E-state index contributed by atoms with van der Waals surface area (Å²) in [6, 6.07) is 0.301. The number of piperidine rings is 1. The number of carbonyl (C=O) groups is 2. The van der Waals surface area contributed by atoms with E-state index in [1.54, 1.807) is 6.08 Å². The number of likely N-dealkylation sites (tertiary alicyclic amines) is 1. The Morgan fingerprint density at radius 2 is 1.62 bits per heavy atom. The van der Waals surface area contributed by atoms with Crippen molar-refractivity contribution in [1.82, 2.24) is 10.6 Å². The number of carbonyl (C=O) groups excluding carboxylic acids is 2. The molecule has 0 aromatic heterocycles. The zero-order chi connectivity index (χ0) is 18.1. The van der Waals surface area contributed by atoms with Crippen LogP contribution in [0.4, 0.5) is 0 Å². The van der Waals surface area contributed by atoms with E-state index in [-0.39, 0.29) is 11.3 Å². The lowest BCUT2D eigenvalue weighted by atomic mass is 9.49. The standard InChI is InChI=1S/C21H33N3O2/c1-2-5-22-19(25)14-24-6-3-18(4-7-24)23-20(26)21-11-15-8-16(12-21)10-17(9-15)13-21/h2,15-18H,1,3-14H2,(H,22,25)(H,23,26)/p+1. The van der Waals surface area contributed by atoms with E-state index in [9.17, 15) is 9.59 Å². The Balaban J connectivity index is 1.25. The molecule has 0 aromatic rings. The summed E-state index contributed by atoms with van der Waals surface area (Å²) < 4.78 is 0. The maximum atomic E-state index is 13.2. The van der Waals surface area contributed by atoms with Crippen LogP contribution >= 0.6 is 0 Å². The average molecular weight is 361 g/mol. The van der Waals surface area contributed by atoms with Gasteiger partial charge in [0.25, 0.3) is 5.91 Å². The third-order valence-electron chi connectivity index (χ3n) is 7.40. The van der Waals surface area contributed by atoms with Gasteiger partial charge >= 0.3 is 0 Å². The van der Waals surface area contributed by atoms with Gasteiger partial charge in [-0.2, -0.15) is 0 Å². The molecule has 144 valence electrons. The van der Waals surface area contributed by atoms with E-state index in [4.69, 9.17) is 0 Å². The van der Waals surface area contributed by atoms with Crippen LogP contribution in [0.15, 0.2) is 12.7 Å². The van der Waals surface area contributed by atoms with Crippen molar-refractivity contribution in [3.05, 3.63) is 12.7 Å². The highest BCUT2D eigenvalue weighted by Gasteiger charge is 2.54. The summed E-state index contributed by atoms with van der Waals surface area (Å²) in [4.78, 5) is 26.3. The van der Waals surface area contributed by atoms with Gasteiger partial charge in [0.05, 0.1) is 13.1 Å². The highest BCUT2D eigenvalue weighted by atomic mass is 16.2. The molecule has 0 atom stereocenters. The third kappa shape index (κ3) is 3.68. The van der Waals surface area contributed by atoms with Gasteiger partial charge in [0.2, 0.25) is 5.91 Å². The topological polar surface area (TPSA) is 62.6 Å². The zero-order valence-electron chi connectivity index (χ0n) is 15.9. The molecule has 0 aromatic carbocycles. The van der Waals surface area contributed by atoms with Gasteiger partial charge in [0, 0.05) is 30.8 Å². The second-order valence-electron chi connectivity index (χ2n) is 9.47. The van der Waals surface area contributed by atoms with Crippen molar-refractivity contribution in [3.63, 3.8) is 0 Å². The first-order valence-electron chi connectivity index (χ1n) is 10.6. The first-order valence-corrected chi connectivity index (χ1v) is 10.6. The first-order chi connectivity index (χ1) is 12.6. The van der Waals surface area contributed by atoms with Crippen LogP contribution < -0.4 is 15.5 Å². The lowest BCUT2D eigenvalue weighted by Gasteiger charge is -2.56. The molecule has 0 unspecified atom stereocenters. The van der Waals surface area contributed by atoms with Gasteiger partial charge in [-0.1, -0.05) is 6.08 Å². The molecule has 0 radical (unpaired) electrons. The number of hydrogen-bond donors (Lipinski definition) is 3. The quantitative estimate of drug-likeness (QED) is 0.610. The number of quaternary nitrogens is 1. The summed E-state index contributed by atoms with van der Waals surface area (Å²) in [7, 11) is 0. The molecule has 1 saturated heterocycles. The normalized spacial score (nSPS) is 40.8. The van der Waals surface area contributed by atoms with Gasteiger partial charge < -0.3 is 15.5 Å². The smallest absolute Gasteiger partial charge is 0.275 e. The maximum Gasteiger partial charge on any atom is 0.275 e. The van der Waals surface area contributed by atoms with Crippen molar-refractivity contribution < 1.29 is 14.5 Å². The largest absolute Gasteiger partial charge is 0.352 e. The lowest BCUT2D eigenvalue weighted by Crippen LogP contribution is -3.14. The summed E-state index contributed by atoms with van der Waals surface area (Å²) in [5.74, 6) is 2.89. The molecule has 3 N–H and O–H groups in total. The van der Waals surface area contributed by atoms with Gasteiger partial charge in [0.15, 0.2) is 6.54 Å². The molecule has 4 aliphatic carbocycles. The van der Waals surface area contributed by atoms with E-state index in [0.29, 0.717) is 25.0 Å². The summed E-state index contributed by atoms with van der Waals surface area (Å²) in [6.45, 7) is 6.62. The van der Waals surface area contributed by atoms with Crippen LogP contribution in [0.5, 0.6) is 0 Å². The van der Waals surface area contributed by atoms with Crippen molar-refractivity contribution in [2.24, 2.45) is 23.2 Å². The molecule has 5 nitrogen and oxygen atoms in total. The first kappa shape index (κ1) is 18.0. The van der Waals surface area contributed by atoms with Crippen molar-refractivity contribution in [3.8, 4) is 0 Å². The zero-order valence-corrected chi connectivity index (χ0v) is 15.9. The fraction of sp³-hybridized carbons (Fsp3) is 0.810. The van der Waals surface area contributed by atoms with E-state index < -0.39 is 0 Å². The molecule has 5 fully saturated rings. The summed E-state index contributed by atoms with van der Waals surface area (Å²) in [5, 5.41) is 6.27. The number of amides is 2. The second kappa shape index (κ2) is 7.34. The molecule has 1 aliphatic heterocycles. The predicted molar refractivity (Wildman–Crippen MR) is 101 cm³/mol. The highest BCUT2D eigenvalue weighted by molar-refractivity contribution is 5.83. The Morgan fingerprint density at radius 3 is 2.15 bits per heavy atom. The van der Waals surface area contributed by atoms with E-state index in [0.717, 1.165) is 62.9 Å². The van der Waals surface area contributed by atoms with Crippen LogP contribution in [0.3, 0.4) is 0 Å². The molecule has 5 rings (SSSR count). The molecule has 2 amide bonds. The molecular weight excluding hydrogens is 326 g/mol. The molecule has 4 saturated carbocycles. The minimum atomic E-state index is -0.0384. The summed E-state index contributed by atoms with van der Waals surface area (Å²) in [6.07, 6.45) is 11.2. The molecule has 4 bridgehead atoms. The number of hydrogen-bond acceptors (Lipinski definition) is 2. The number of rotatable bonds is 6. The minimum absolute atomic E-state index is 0.0384. The second-order valence-corrected chi connectivity index (χ2v) is 9.47. The van der Waals surface area contributed by atoms with Crippen molar-refractivity contribution in [2.45, 2.75) is 57.4 Å². The predicted octanol–water partition coefficient (Wildman–Crippen LogP) is 0.669. The van der Waals surface area contributed by atoms with E-state index in [1.807, 2.05) is 0 Å². The Labute approximate surface area is 157 Å². The average Bonchev–Trinajstić information content (AvgIpc) is 2.60. The van der Waals surface area contributed by atoms with Crippen LogP contribution in [0.2, 0.25) is 0 Å². The van der Waals surface area contributed by atoms with E-state index in [2.05, 4.69) is 17.2 Å². The third-order valence-corrected chi connectivity index (χ3v) is 7.40. The Bertz CT molecular complexity index is 530. The fourth-order valence-electron chi connectivity index (χ4n) is 6.55. The molecule has 1 heterocycles.